The van der Waals surface area contributed by atoms with Crippen LogP contribution in [0.25, 0.3) is 0 Å². The molecule has 0 bridgehead atoms. The second-order valence-corrected chi connectivity index (χ2v) is 6.28. The molecule has 1 aromatic carbocycles. The van der Waals surface area contributed by atoms with Crippen molar-refractivity contribution in [3.63, 3.8) is 0 Å². The summed E-state index contributed by atoms with van der Waals surface area (Å²) in [6.07, 6.45) is -0.395. The number of carbonyl (C=O) groups is 2. The van der Waals surface area contributed by atoms with Crippen molar-refractivity contribution >= 4 is 11.8 Å². The van der Waals surface area contributed by atoms with Crippen LogP contribution >= 0.6 is 0 Å². The van der Waals surface area contributed by atoms with Gasteiger partial charge >= 0.3 is 0 Å². The molecule has 130 valence electrons. The topological polar surface area (TPSA) is 61.9 Å². The summed E-state index contributed by atoms with van der Waals surface area (Å²) in [4.78, 5) is 27.7. The molecule has 7 heteroatoms. The fourth-order valence-corrected chi connectivity index (χ4v) is 3.09. The molecule has 0 saturated carbocycles. The monoisotopic (exact) mass is 335 g/mol. The van der Waals surface area contributed by atoms with Gasteiger partial charge < -0.3 is 19.9 Å². The second kappa shape index (κ2) is 7.27. The van der Waals surface area contributed by atoms with Crippen LogP contribution < -0.4 is 5.32 Å². The lowest BCUT2D eigenvalue weighted by Gasteiger charge is -2.38. The lowest BCUT2D eigenvalue weighted by molar-refractivity contribution is -0.150. The second-order valence-electron chi connectivity index (χ2n) is 6.28. The minimum Gasteiger partial charge on any atom is -0.367 e. The minimum absolute atomic E-state index is 0.0500. The van der Waals surface area contributed by atoms with E-state index in [-0.39, 0.29) is 42.9 Å². The van der Waals surface area contributed by atoms with Crippen LogP contribution in [0.1, 0.15) is 18.6 Å². The molecule has 0 aliphatic carbocycles. The first kappa shape index (κ1) is 16.9. The number of carbonyl (C=O) groups excluding carboxylic acids is 2. The lowest BCUT2D eigenvalue weighted by atomic mass is 10.1. The van der Waals surface area contributed by atoms with Crippen molar-refractivity contribution in [3.05, 3.63) is 35.6 Å². The Labute approximate surface area is 140 Å². The number of nitrogens with zero attached hydrogens (tertiary/aromatic N) is 2. The van der Waals surface area contributed by atoms with Gasteiger partial charge in [-0.3, -0.25) is 9.59 Å². The molecule has 2 aliphatic rings. The van der Waals surface area contributed by atoms with Crippen molar-refractivity contribution in [1.29, 1.82) is 0 Å². The Morgan fingerprint density at radius 1 is 1.33 bits per heavy atom. The number of piperazine rings is 1. The van der Waals surface area contributed by atoms with Crippen LogP contribution in [0, 0.1) is 5.82 Å². The highest BCUT2D eigenvalue weighted by Crippen LogP contribution is 2.25. The maximum Gasteiger partial charge on any atom is 0.242 e. The van der Waals surface area contributed by atoms with E-state index in [1.165, 1.54) is 12.1 Å². The first-order valence-corrected chi connectivity index (χ1v) is 8.20. The number of amides is 2. The van der Waals surface area contributed by atoms with Crippen LogP contribution in [-0.4, -0.2) is 67.0 Å². The molecule has 2 atom stereocenters. The maximum atomic E-state index is 13.1. The molecule has 1 aromatic rings. The number of benzene rings is 1. The number of ether oxygens (including phenoxy) is 1. The Balaban J connectivity index is 1.65. The van der Waals surface area contributed by atoms with Gasteiger partial charge in [-0.05, 0) is 24.6 Å². The number of nitrogens with one attached hydrogen (secondary N) is 1. The normalized spacial score (nSPS) is 25.0. The molecule has 24 heavy (non-hydrogen) atoms. The highest BCUT2D eigenvalue weighted by molar-refractivity contribution is 5.86. The first-order chi connectivity index (χ1) is 11.5. The molecule has 1 N–H and O–H groups in total. The van der Waals surface area contributed by atoms with Gasteiger partial charge in [-0.15, -0.1) is 0 Å². The quantitative estimate of drug-likeness (QED) is 0.876. The van der Waals surface area contributed by atoms with Crippen LogP contribution in [-0.2, 0) is 14.3 Å². The lowest BCUT2D eigenvalue weighted by Crippen LogP contribution is -2.54. The number of hydrogen-bond donors (Lipinski definition) is 1. The van der Waals surface area contributed by atoms with Crippen LogP contribution in [0.15, 0.2) is 24.3 Å². The Morgan fingerprint density at radius 3 is 2.79 bits per heavy atom. The third-order valence-corrected chi connectivity index (χ3v) is 4.37. The van der Waals surface area contributed by atoms with Gasteiger partial charge in [0.25, 0.3) is 0 Å². The fraction of sp³-hybridized carbons (Fsp3) is 0.529. The smallest absolute Gasteiger partial charge is 0.242 e. The highest BCUT2D eigenvalue weighted by atomic mass is 19.1. The Morgan fingerprint density at radius 2 is 2.08 bits per heavy atom. The molecule has 0 radical (unpaired) electrons. The average molecular weight is 335 g/mol. The summed E-state index contributed by atoms with van der Waals surface area (Å²) in [7, 11) is 0. The van der Waals surface area contributed by atoms with Gasteiger partial charge in [0, 0.05) is 19.6 Å². The molecule has 0 spiro atoms. The third-order valence-electron chi connectivity index (χ3n) is 4.37. The molecule has 2 heterocycles. The summed E-state index contributed by atoms with van der Waals surface area (Å²) in [5.41, 5.74) is 0.846. The predicted octanol–water partition coefficient (Wildman–Crippen LogP) is 0.546. The Bertz CT molecular complexity index is 608. The van der Waals surface area contributed by atoms with Gasteiger partial charge in [-0.1, -0.05) is 12.1 Å². The zero-order valence-corrected chi connectivity index (χ0v) is 13.7. The van der Waals surface area contributed by atoms with E-state index in [0.29, 0.717) is 26.2 Å². The fourth-order valence-electron chi connectivity index (χ4n) is 3.09. The summed E-state index contributed by atoms with van der Waals surface area (Å²) in [6, 6.07) is 6.15. The van der Waals surface area contributed by atoms with Crippen LogP contribution in [0.4, 0.5) is 4.39 Å². The van der Waals surface area contributed by atoms with Crippen molar-refractivity contribution < 1.29 is 18.7 Å². The maximum absolute atomic E-state index is 13.1. The van der Waals surface area contributed by atoms with Crippen molar-refractivity contribution in [2.75, 3.05) is 39.3 Å². The van der Waals surface area contributed by atoms with E-state index in [9.17, 15) is 14.0 Å². The summed E-state index contributed by atoms with van der Waals surface area (Å²) >= 11 is 0. The van der Waals surface area contributed by atoms with Gasteiger partial charge in [-0.25, -0.2) is 4.39 Å². The van der Waals surface area contributed by atoms with E-state index in [4.69, 9.17) is 4.74 Å². The van der Waals surface area contributed by atoms with E-state index in [0.717, 1.165) is 5.56 Å². The first-order valence-electron chi connectivity index (χ1n) is 8.20. The van der Waals surface area contributed by atoms with Crippen LogP contribution in [0.5, 0.6) is 0 Å². The van der Waals surface area contributed by atoms with Crippen molar-refractivity contribution in [2.24, 2.45) is 0 Å². The van der Waals surface area contributed by atoms with Crippen LogP contribution in [0.3, 0.4) is 0 Å². The number of morpholine rings is 1. The molecular weight excluding hydrogens is 313 g/mol. The largest absolute Gasteiger partial charge is 0.367 e. The van der Waals surface area contributed by atoms with E-state index in [1.54, 1.807) is 21.9 Å². The predicted molar refractivity (Wildman–Crippen MR) is 85.7 cm³/mol. The van der Waals surface area contributed by atoms with E-state index in [1.807, 2.05) is 6.92 Å². The van der Waals surface area contributed by atoms with Crippen molar-refractivity contribution in [3.8, 4) is 0 Å². The van der Waals surface area contributed by atoms with Crippen molar-refractivity contribution in [2.45, 2.75) is 19.1 Å². The molecule has 3 rings (SSSR count). The van der Waals surface area contributed by atoms with Gasteiger partial charge in [0.15, 0.2) is 0 Å². The zero-order chi connectivity index (χ0) is 17.1. The molecule has 2 fully saturated rings. The molecule has 2 saturated heterocycles. The minimum atomic E-state index is -0.298. The standard InChI is InChI=1S/C17H22FN3O3/c1-12-9-21(17(23)11-20-7-6-19-8-16(20)22)10-15(24-12)13-2-4-14(18)5-3-13/h2-5,12,15,19H,6-11H2,1H3/t12-,15+/m1/s1. The van der Waals surface area contributed by atoms with E-state index < -0.39 is 0 Å². The summed E-state index contributed by atoms with van der Waals surface area (Å²) < 4.78 is 19.0. The van der Waals surface area contributed by atoms with Gasteiger partial charge in [-0.2, -0.15) is 0 Å². The Kier molecular flexibility index (Phi) is 5.11. The van der Waals surface area contributed by atoms with Gasteiger partial charge in [0.1, 0.15) is 11.9 Å². The average Bonchev–Trinajstić information content (AvgIpc) is 2.57. The van der Waals surface area contributed by atoms with E-state index in [2.05, 4.69) is 5.32 Å². The highest BCUT2D eigenvalue weighted by Gasteiger charge is 2.31. The SMILES string of the molecule is C[C@@H]1CN(C(=O)CN2CCNCC2=O)C[C@@H](c2ccc(F)cc2)O1. The number of hydrogen-bond acceptors (Lipinski definition) is 4. The molecule has 0 unspecified atom stereocenters. The molecule has 6 nitrogen and oxygen atoms in total. The summed E-state index contributed by atoms with van der Waals surface area (Å²) in [5, 5.41) is 2.99. The zero-order valence-electron chi connectivity index (χ0n) is 13.7. The molecule has 2 aliphatic heterocycles. The molecule has 0 aromatic heterocycles. The van der Waals surface area contributed by atoms with Gasteiger partial charge in [0.2, 0.25) is 11.8 Å². The third kappa shape index (κ3) is 3.91. The van der Waals surface area contributed by atoms with E-state index >= 15 is 0 Å². The van der Waals surface area contributed by atoms with Crippen LogP contribution in [0.2, 0.25) is 0 Å². The summed E-state index contributed by atoms with van der Waals surface area (Å²) in [6.45, 7) is 4.45. The molecule has 2 amide bonds. The molecular formula is C17H22FN3O3. The van der Waals surface area contributed by atoms with Gasteiger partial charge in [0.05, 0.1) is 25.7 Å². The number of halogens is 1. The van der Waals surface area contributed by atoms with Crippen molar-refractivity contribution in [1.82, 2.24) is 15.1 Å². The Hall–Kier alpha value is -1.99. The number of rotatable bonds is 3. The summed E-state index contributed by atoms with van der Waals surface area (Å²) in [5.74, 6) is -0.425.